The van der Waals surface area contributed by atoms with E-state index in [1.54, 1.807) is 13.0 Å². The van der Waals surface area contributed by atoms with Crippen LogP contribution < -0.4 is 10.0 Å². The summed E-state index contributed by atoms with van der Waals surface area (Å²) in [4.78, 5) is 9.40. The van der Waals surface area contributed by atoms with Gasteiger partial charge in [0, 0.05) is 6.54 Å². The van der Waals surface area contributed by atoms with Crippen LogP contribution >= 0.6 is 0 Å². The van der Waals surface area contributed by atoms with Gasteiger partial charge in [-0.25, -0.2) is 18.4 Å². The third-order valence-electron chi connectivity index (χ3n) is 4.76. The van der Waals surface area contributed by atoms with Gasteiger partial charge < -0.3 is 5.32 Å². The molecule has 1 aromatic heterocycles. The van der Waals surface area contributed by atoms with Crippen molar-refractivity contribution >= 4 is 32.7 Å². The van der Waals surface area contributed by atoms with E-state index in [2.05, 4.69) is 26.9 Å². The average molecular weight is 413 g/mol. The summed E-state index contributed by atoms with van der Waals surface area (Å²) in [5, 5.41) is 3.26. The Bertz CT molecular complexity index is 1100. The molecule has 0 spiro atoms. The summed E-state index contributed by atoms with van der Waals surface area (Å²) in [6, 6.07) is 12.8. The van der Waals surface area contributed by atoms with Crippen LogP contribution in [0.3, 0.4) is 0 Å². The molecule has 3 rings (SSSR count). The SMILES string of the molecule is CCCCCCNc1nc2ccccc2nc1NS(=O)(=O)c1cc(C)ccc1C. The monoisotopic (exact) mass is 412 g/mol. The second-order valence-corrected chi connectivity index (χ2v) is 8.92. The summed E-state index contributed by atoms with van der Waals surface area (Å²) in [5.74, 6) is 0.675. The summed E-state index contributed by atoms with van der Waals surface area (Å²) >= 11 is 0. The number of unbranched alkanes of at least 4 members (excludes halogenated alkanes) is 3. The fourth-order valence-electron chi connectivity index (χ4n) is 3.13. The van der Waals surface area contributed by atoms with Gasteiger partial charge in [0.1, 0.15) is 0 Å². The molecule has 0 bridgehead atoms. The van der Waals surface area contributed by atoms with Crippen LogP contribution in [-0.4, -0.2) is 24.9 Å². The normalized spacial score (nSPS) is 11.6. The van der Waals surface area contributed by atoms with E-state index in [-0.39, 0.29) is 10.7 Å². The first kappa shape index (κ1) is 21.0. The lowest BCUT2D eigenvalue weighted by atomic mass is 10.2. The lowest BCUT2D eigenvalue weighted by molar-refractivity contribution is 0.600. The summed E-state index contributed by atoms with van der Waals surface area (Å²) in [6.45, 7) is 6.54. The molecule has 0 atom stereocenters. The standard InChI is InChI=1S/C22H28N4O2S/c1-4-5-6-9-14-23-21-22(25-19-11-8-7-10-18(19)24-21)26-29(27,28)20-15-16(2)12-13-17(20)3/h7-8,10-13,15H,4-6,9,14H2,1-3H3,(H,23,24)(H,25,26). The number of fused-ring (bicyclic) bond motifs is 1. The molecule has 0 radical (unpaired) electrons. The Labute approximate surface area is 172 Å². The van der Waals surface area contributed by atoms with Crippen LogP contribution in [-0.2, 0) is 10.0 Å². The fourth-order valence-corrected chi connectivity index (χ4v) is 4.47. The van der Waals surface area contributed by atoms with Gasteiger partial charge in [-0.05, 0) is 49.6 Å². The summed E-state index contributed by atoms with van der Waals surface area (Å²) in [7, 11) is -3.79. The molecule has 0 fully saturated rings. The van der Waals surface area contributed by atoms with Gasteiger partial charge in [0.25, 0.3) is 10.0 Å². The largest absolute Gasteiger partial charge is 0.367 e. The van der Waals surface area contributed by atoms with E-state index in [0.29, 0.717) is 23.4 Å². The minimum Gasteiger partial charge on any atom is -0.367 e. The van der Waals surface area contributed by atoms with Crippen LogP contribution in [0.5, 0.6) is 0 Å². The first-order valence-electron chi connectivity index (χ1n) is 10.0. The molecule has 29 heavy (non-hydrogen) atoms. The lowest BCUT2D eigenvalue weighted by Crippen LogP contribution is -2.18. The van der Waals surface area contributed by atoms with Gasteiger partial charge in [-0.1, -0.05) is 50.5 Å². The Kier molecular flexibility index (Phi) is 6.69. The second kappa shape index (κ2) is 9.22. The van der Waals surface area contributed by atoms with Crippen LogP contribution in [0.25, 0.3) is 11.0 Å². The van der Waals surface area contributed by atoms with Gasteiger partial charge in [-0.15, -0.1) is 0 Å². The maximum absolute atomic E-state index is 13.1. The molecule has 0 aliphatic heterocycles. The number of rotatable bonds is 9. The molecule has 2 aromatic carbocycles. The van der Waals surface area contributed by atoms with Gasteiger partial charge in [0.2, 0.25) is 0 Å². The summed E-state index contributed by atoms with van der Waals surface area (Å²) in [5.41, 5.74) is 2.93. The number of aryl methyl sites for hydroxylation is 2. The highest BCUT2D eigenvalue weighted by molar-refractivity contribution is 7.92. The molecule has 0 aliphatic rings. The van der Waals surface area contributed by atoms with Crippen molar-refractivity contribution < 1.29 is 8.42 Å². The van der Waals surface area contributed by atoms with E-state index in [0.717, 1.165) is 30.3 Å². The number of hydrogen-bond donors (Lipinski definition) is 2. The molecule has 1 heterocycles. The summed E-state index contributed by atoms with van der Waals surface area (Å²) in [6.07, 6.45) is 4.45. The molecule has 0 amide bonds. The number of nitrogens with one attached hydrogen (secondary N) is 2. The van der Waals surface area contributed by atoms with Crippen molar-refractivity contribution in [2.24, 2.45) is 0 Å². The first-order valence-corrected chi connectivity index (χ1v) is 11.5. The Morgan fingerprint density at radius 1 is 0.897 bits per heavy atom. The van der Waals surface area contributed by atoms with Gasteiger partial charge in [-0.3, -0.25) is 4.72 Å². The number of nitrogens with zero attached hydrogens (tertiary/aromatic N) is 2. The molecule has 7 heteroatoms. The lowest BCUT2D eigenvalue weighted by Gasteiger charge is -2.15. The van der Waals surface area contributed by atoms with Crippen molar-refractivity contribution in [2.75, 3.05) is 16.6 Å². The zero-order chi connectivity index (χ0) is 20.9. The van der Waals surface area contributed by atoms with Crippen molar-refractivity contribution in [3.63, 3.8) is 0 Å². The summed E-state index contributed by atoms with van der Waals surface area (Å²) < 4.78 is 28.8. The molecule has 6 nitrogen and oxygen atoms in total. The van der Waals surface area contributed by atoms with Crippen molar-refractivity contribution in [1.82, 2.24) is 9.97 Å². The Balaban J connectivity index is 1.93. The number of benzene rings is 2. The zero-order valence-electron chi connectivity index (χ0n) is 17.2. The topological polar surface area (TPSA) is 84.0 Å². The molecule has 154 valence electrons. The second-order valence-electron chi connectivity index (χ2n) is 7.27. The molecular weight excluding hydrogens is 384 g/mol. The molecule has 0 unspecified atom stereocenters. The van der Waals surface area contributed by atoms with Crippen LogP contribution in [0.15, 0.2) is 47.4 Å². The Morgan fingerprint density at radius 2 is 1.59 bits per heavy atom. The minimum absolute atomic E-state index is 0.222. The fraction of sp³-hybridized carbons (Fsp3) is 0.364. The molecule has 0 aliphatic carbocycles. The molecule has 2 N–H and O–H groups in total. The maximum Gasteiger partial charge on any atom is 0.263 e. The number of anilines is 2. The van der Waals surface area contributed by atoms with Crippen molar-refractivity contribution in [3.05, 3.63) is 53.6 Å². The van der Waals surface area contributed by atoms with Crippen LogP contribution in [0.4, 0.5) is 11.6 Å². The highest BCUT2D eigenvalue weighted by atomic mass is 32.2. The molecular formula is C22H28N4O2S. The third-order valence-corrected chi connectivity index (χ3v) is 6.24. The van der Waals surface area contributed by atoms with Gasteiger partial charge >= 0.3 is 0 Å². The number of aromatic nitrogens is 2. The van der Waals surface area contributed by atoms with E-state index in [9.17, 15) is 8.42 Å². The first-order chi connectivity index (χ1) is 13.9. The van der Waals surface area contributed by atoms with E-state index in [1.165, 1.54) is 6.42 Å². The number of sulfonamides is 1. The van der Waals surface area contributed by atoms with Gasteiger partial charge in [0.05, 0.1) is 15.9 Å². The highest BCUT2D eigenvalue weighted by Crippen LogP contribution is 2.26. The molecule has 0 saturated carbocycles. The predicted molar refractivity (Wildman–Crippen MR) is 119 cm³/mol. The van der Waals surface area contributed by atoms with E-state index in [1.807, 2.05) is 43.3 Å². The number of para-hydroxylation sites is 2. The van der Waals surface area contributed by atoms with Crippen LogP contribution in [0, 0.1) is 13.8 Å². The minimum atomic E-state index is -3.79. The van der Waals surface area contributed by atoms with E-state index >= 15 is 0 Å². The Hall–Kier alpha value is -2.67. The zero-order valence-corrected chi connectivity index (χ0v) is 18.0. The van der Waals surface area contributed by atoms with E-state index in [4.69, 9.17) is 0 Å². The van der Waals surface area contributed by atoms with Crippen LogP contribution in [0.2, 0.25) is 0 Å². The maximum atomic E-state index is 13.1. The Morgan fingerprint density at radius 3 is 2.28 bits per heavy atom. The van der Waals surface area contributed by atoms with Crippen LogP contribution in [0.1, 0.15) is 43.7 Å². The van der Waals surface area contributed by atoms with Crippen molar-refractivity contribution in [1.29, 1.82) is 0 Å². The highest BCUT2D eigenvalue weighted by Gasteiger charge is 2.20. The van der Waals surface area contributed by atoms with Gasteiger partial charge in [0.15, 0.2) is 11.6 Å². The third kappa shape index (κ3) is 5.23. The predicted octanol–water partition coefficient (Wildman–Crippen LogP) is 5.04. The number of hydrogen-bond acceptors (Lipinski definition) is 5. The average Bonchev–Trinajstić information content (AvgIpc) is 2.69. The van der Waals surface area contributed by atoms with E-state index < -0.39 is 10.0 Å². The quantitative estimate of drug-likeness (QED) is 0.481. The van der Waals surface area contributed by atoms with Crippen molar-refractivity contribution in [3.8, 4) is 0 Å². The molecule has 3 aromatic rings. The van der Waals surface area contributed by atoms with Gasteiger partial charge in [-0.2, -0.15) is 0 Å². The molecule has 0 saturated heterocycles. The van der Waals surface area contributed by atoms with Crippen molar-refractivity contribution in [2.45, 2.75) is 51.3 Å². The smallest absolute Gasteiger partial charge is 0.263 e.